The molecule has 2 heterocycles. The Morgan fingerprint density at radius 3 is 2.67 bits per heavy atom. The summed E-state index contributed by atoms with van der Waals surface area (Å²) in [5.41, 5.74) is 1.18. The first-order valence-corrected chi connectivity index (χ1v) is 9.57. The fraction of sp³-hybridized carbons (Fsp3) is 0.455. The van der Waals surface area contributed by atoms with Crippen molar-refractivity contribution in [2.24, 2.45) is 0 Å². The van der Waals surface area contributed by atoms with Gasteiger partial charge >= 0.3 is 0 Å². The van der Waals surface area contributed by atoms with Crippen LogP contribution in [0.3, 0.4) is 0 Å². The lowest BCUT2D eigenvalue weighted by molar-refractivity contribution is -0.117. The van der Waals surface area contributed by atoms with Crippen molar-refractivity contribution in [1.29, 1.82) is 0 Å². The van der Waals surface area contributed by atoms with Gasteiger partial charge in [-0.3, -0.25) is 0 Å². The molecule has 0 aliphatic carbocycles. The van der Waals surface area contributed by atoms with Gasteiger partial charge in [0.05, 0.1) is 6.54 Å². The molecule has 0 amide bonds. The van der Waals surface area contributed by atoms with E-state index in [9.17, 15) is 4.79 Å². The average Bonchev–Trinajstić information content (AvgIpc) is 3.10. The highest BCUT2D eigenvalue weighted by Gasteiger charge is 2.25. The number of Topliss-reactive ketones (excluding diaryl/α,β-unsaturated/α-hetero) is 1. The number of benzene rings is 1. The normalized spacial score (nSPS) is 17.6. The monoisotopic (exact) mass is 367 g/mol. The van der Waals surface area contributed by atoms with Crippen LogP contribution >= 0.6 is 0 Å². The van der Waals surface area contributed by atoms with Crippen molar-refractivity contribution < 1.29 is 9.53 Å². The molecule has 0 N–H and O–H groups in total. The highest BCUT2D eigenvalue weighted by molar-refractivity contribution is 5.76. The summed E-state index contributed by atoms with van der Waals surface area (Å²) in [6.07, 6.45) is 1.72. The van der Waals surface area contributed by atoms with Crippen molar-refractivity contribution in [3.63, 3.8) is 0 Å². The molecule has 1 aliphatic rings. The number of ether oxygens (including phenoxy) is 1. The number of ketones is 1. The summed E-state index contributed by atoms with van der Waals surface area (Å²) in [5.74, 6) is 3.32. The third kappa shape index (κ3) is 5.00. The average molecular weight is 367 g/mol. The van der Waals surface area contributed by atoms with Crippen molar-refractivity contribution in [3.05, 3.63) is 48.0 Å². The summed E-state index contributed by atoms with van der Waals surface area (Å²) in [7, 11) is 4.01. The van der Waals surface area contributed by atoms with Gasteiger partial charge in [-0.25, -0.2) is 4.98 Å². The number of hydrogen-bond acceptors (Lipinski definition) is 5. The first-order chi connectivity index (χ1) is 12.9. The van der Waals surface area contributed by atoms with E-state index in [0.29, 0.717) is 6.42 Å². The molecule has 0 spiro atoms. The van der Waals surface area contributed by atoms with Gasteiger partial charge in [0, 0.05) is 33.5 Å². The molecule has 1 aliphatic heterocycles. The summed E-state index contributed by atoms with van der Waals surface area (Å²) in [6, 6.07) is 14.3. The Morgan fingerprint density at radius 2 is 2.00 bits per heavy atom. The largest absolute Gasteiger partial charge is 0.489 e. The minimum Gasteiger partial charge on any atom is -0.489 e. The van der Waals surface area contributed by atoms with Crippen molar-refractivity contribution in [2.75, 3.05) is 37.0 Å². The van der Waals surface area contributed by atoms with E-state index < -0.39 is 0 Å². The second-order valence-electron chi connectivity index (χ2n) is 7.60. The number of carbonyl (C=O) groups excluding carboxylic acids is 1. The number of rotatable bonds is 7. The molecule has 144 valence electrons. The van der Waals surface area contributed by atoms with Crippen molar-refractivity contribution in [2.45, 2.75) is 38.7 Å². The fourth-order valence-electron chi connectivity index (χ4n) is 3.49. The zero-order chi connectivity index (χ0) is 19.4. The Kier molecular flexibility index (Phi) is 5.99. The molecule has 3 rings (SSSR count). The molecule has 1 saturated heterocycles. The number of hydrogen-bond donors (Lipinski definition) is 0. The first kappa shape index (κ1) is 19.2. The second kappa shape index (κ2) is 8.42. The van der Waals surface area contributed by atoms with Gasteiger partial charge in [0.25, 0.3) is 0 Å². The van der Waals surface area contributed by atoms with Gasteiger partial charge < -0.3 is 19.3 Å². The van der Waals surface area contributed by atoms with E-state index in [1.54, 1.807) is 6.92 Å². The molecule has 2 atom stereocenters. The van der Waals surface area contributed by atoms with Crippen LogP contribution in [0.2, 0.25) is 0 Å². The SMILES string of the molecule is CC(=O)C[C@@H](C)c1ccc(O[C@@H]2CCN(c3cccc(N(C)C)n3)C2)cc1. The van der Waals surface area contributed by atoms with Gasteiger partial charge in [-0.2, -0.15) is 0 Å². The van der Waals surface area contributed by atoms with Crippen LogP contribution in [0.25, 0.3) is 0 Å². The first-order valence-electron chi connectivity index (χ1n) is 9.57. The molecule has 1 fully saturated rings. The maximum atomic E-state index is 11.3. The Labute approximate surface area is 162 Å². The standard InChI is InChI=1S/C22H29N3O2/c1-16(14-17(2)26)18-8-10-19(11-9-18)27-20-12-13-25(15-20)22-7-5-6-21(23-22)24(3)4/h5-11,16,20H,12-15H2,1-4H3/t16-,20-/m1/s1. The van der Waals surface area contributed by atoms with Crippen LogP contribution < -0.4 is 14.5 Å². The van der Waals surface area contributed by atoms with E-state index in [4.69, 9.17) is 9.72 Å². The lowest BCUT2D eigenvalue weighted by Gasteiger charge is -2.20. The zero-order valence-corrected chi connectivity index (χ0v) is 16.7. The molecule has 0 bridgehead atoms. The summed E-state index contributed by atoms with van der Waals surface area (Å²) in [6.45, 7) is 5.51. The van der Waals surface area contributed by atoms with Crippen LogP contribution in [0.5, 0.6) is 5.75 Å². The van der Waals surface area contributed by atoms with Crippen LogP contribution in [-0.2, 0) is 4.79 Å². The van der Waals surface area contributed by atoms with Crippen LogP contribution in [0.15, 0.2) is 42.5 Å². The number of aromatic nitrogens is 1. The van der Waals surface area contributed by atoms with Gasteiger partial charge in [0.2, 0.25) is 0 Å². The van der Waals surface area contributed by atoms with Gasteiger partial charge in [-0.1, -0.05) is 25.1 Å². The molecule has 0 saturated carbocycles. The predicted octanol–water partition coefficient (Wildman–Crippen LogP) is 3.89. The summed E-state index contributed by atoms with van der Waals surface area (Å²) in [4.78, 5) is 20.3. The smallest absolute Gasteiger partial charge is 0.131 e. The number of pyridine rings is 1. The lowest BCUT2D eigenvalue weighted by atomic mass is 9.96. The van der Waals surface area contributed by atoms with E-state index in [-0.39, 0.29) is 17.8 Å². The Balaban J connectivity index is 1.58. The summed E-state index contributed by atoms with van der Waals surface area (Å²) in [5, 5.41) is 0. The molecule has 5 heteroatoms. The highest BCUT2D eigenvalue weighted by atomic mass is 16.5. The van der Waals surface area contributed by atoms with E-state index in [0.717, 1.165) is 36.9 Å². The minimum absolute atomic E-state index is 0.162. The Morgan fingerprint density at radius 1 is 1.26 bits per heavy atom. The van der Waals surface area contributed by atoms with Gasteiger partial charge in [-0.15, -0.1) is 0 Å². The quantitative estimate of drug-likeness (QED) is 0.743. The fourth-order valence-corrected chi connectivity index (χ4v) is 3.49. The van der Waals surface area contributed by atoms with E-state index >= 15 is 0 Å². The van der Waals surface area contributed by atoms with E-state index in [2.05, 4.69) is 30.0 Å². The second-order valence-corrected chi connectivity index (χ2v) is 7.60. The zero-order valence-electron chi connectivity index (χ0n) is 16.7. The maximum absolute atomic E-state index is 11.3. The Bertz CT molecular complexity index is 773. The number of anilines is 2. The Hall–Kier alpha value is -2.56. The van der Waals surface area contributed by atoms with Gasteiger partial charge in [0.1, 0.15) is 29.3 Å². The molecule has 5 nitrogen and oxygen atoms in total. The summed E-state index contributed by atoms with van der Waals surface area (Å²) >= 11 is 0. The molecule has 2 aromatic rings. The lowest BCUT2D eigenvalue weighted by Crippen LogP contribution is -2.25. The molecule has 0 radical (unpaired) electrons. The van der Waals surface area contributed by atoms with Crippen molar-refractivity contribution in [3.8, 4) is 5.75 Å². The maximum Gasteiger partial charge on any atom is 0.131 e. The molecule has 0 unspecified atom stereocenters. The van der Waals surface area contributed by atoms with E-state index in [1.807, 2.05) is 43.3 Å². The van der Waals surface area contributed by atoms with Crippen LogP contribution in [0, 0.1) is 0 Å². The van der Waals surface area contributed by atoms with Crippen LogP contribution in [0.1, 0.15) is 38.2 Å². The van der Waals surface area contributed by atoms with Gasteiger partial charge in [0.15, 0.2) is 0 Å². The number of carbonyl (C=O) groups is 1. The van der Waals surface area contributed by atoms with Crippen molar-refractivity contribution >= 4 is 17.4 Å². The number of nitrogens with zero attached hydrogens (tertiary/aromatic N) is 3. The molecule has 1 aromatic carbocycles. The molecule has 1 aromatic heterocycles. The topological polar surface area (TPSA) is 45.7 Å². The van der Waals surface area contributed by atoms with Crippen LogP contribution in [0.4, 0.5) is 11.6 Å². The molecule has 27 heavy (non-hydrogen) atoms. The van der Waals surface area contributed by atoms with E-state index in [1.165, 1.54) is 5.56 Å². The highest BCUT2D eigenvalue weighted by Crippen LogP contribution is 2.26. The van der Waals surface area contributed by atoms with Gasteiger partial charge in [-0.05, 0) is 42.7 Å². The third-order valence-corrected chi connectivity index (χ3v) is 4.99. The molecular weight excluding hydrogens is 338 g/mol. The third-order valence-electron chi connectivity index (χ3n) is 4.99. The predicted molar refractivity (Wildman–Crippen MR) is 110 cm³/mol. The van der Waals surface area contributed by atoms with Crippen molar-refractivity contribution in [1.82, 2.24) is 4.98 Å². The summed E-state index contributed by atoms with van der Waals surface area (Å²) < 4.78 is 6.17. The molecular formula is C22H29N3O2. The minimum atomic E-state index is 0.162. The van der Waals surface area contributed by atoms with Crippen LogP contribution in [-0.4, -0.2) is 44.1 Å².